The smallest absolute Gasteiger partial charge is 0.410 e. The Morgan fingerprint density at radius 1 is 1.10 bits per heavy atom. The van der Waals surface area contributed by atoms with Crippen molar-refractivity contribution in [3.8, 4) is 17.4 Å². The molecule has 1 aliphatic heterocycles. The Morgan fingerprint density at radius 2 is 1.95 bits per heavy atom. The van der Waals surface area contributed by atoms with Gasteiger partial charge in [0, 0.05) is 49.8 Å². The van der Waals surface area contributed by atoms with Gasteiger partial charge >= 0.3 is 6.09 Å². The summed E-state index contributed by atoms with van der Waals surface area (Å²) in [5.41, 5.74) is 0.273. The van der Waals surface area contributed by atoms with Crippen LogP contribution in [0, 0.1) is 0 Å². The summed E-state index contributed by atoms with van der Waals surface area (Å²) in [5.74, 6) is 2.99. The normalized spacial score (nSPS) is 15.4. The van der Waals surface area contributed by atoms with Crippen molar-refractivity contribution >= 4 is 28.6 Å². The highest BCUT2D eigenvalue weighted by Crippen LogP contribution is 2.29. The van der Waals surface area contributed by atoms with Gasteiger partial charge in [0.05, 0.1) is 18.3 Å². The quantitative estimate of drug-likeness (QED) is 0.316. The minimum absolute atomic E-state index is 0.115. The number of aryl methyl sites for hydroxylation is 1. The molecule has 1 aliphatic rings. The molecular weight excluding hydrogens is 498 g/mol. The van der Waals surface area contributed by atoms with E-state index < -0.39 is 5.60 Å². The molecule has 1 atom stereocenters. The zero-order valence-corrected chi connectivity index (χ0v) is 22.6. The average Bonchev–Trinajstić information content (AvgIpc) is 3.53. The molecular formula is C28H33N7O4. The van der Waals surface area contributed by atoms with E-state index in [-0.39, 0.29) is 12.1 Å². The standard InChI is InChI=1S/C28H33N7O4/c1-28(2,3)39-27(36)35-13-5-6-19(35)12-15-37-21-8-10-25(29-17-21)38-20-7-9-23-22(16-20)26(31-18-30-23)32-24-11-14-34(4)33-24/h7-11,14,16-19H,5-6,12-13,15H2,1-4H3,(H,30,31,32,33). The van der Waals surface area contributed by atoms with E-state index in [2.05, 4.69) is 25.4 Å². The number of amides is 1. The van der Waals surface area contributed by atoms with E-state index in [1.807, 2.05) is 69.2 Å². The second-order valence-electron chi connectivity index (χ2n) is 10.4. The van der Waals surface area contributed by atoms with Gasteiger partial charge in [0.25, 0.3) is 0 Å². The lowest BCUT2D eigenvalue weighted by Crippen LogP contribution is -2.40. The van der Waals surface area contributed by atoms with Crippen molar-refractivity contribution in [3.63, 3.8) is 0 Å². The SMILES string of the molecule is Cn1ccc(Nc2ncnc3ccc(Oc4ccc(OCCC5CCCN5C(=O)OC(C)(C)C)cn4)cc23)n1. The maximum atomic E-state index is 12.5. The molecule has 1 amide bonds. The Kier molecular flexibility index (Phi) is 7.49. The van der Waals surface area contributed by atoms with Gasteiger partial charge in [-0.05, 0) is 57.9 Å². The summed E-state index contributed by atoms with van der Waals surface area (Å²) >= 11 is 0. The first-order valence-electron chi connectivity index (χ1n) is 13.0. The summed E-state index contributed by atoms with van der Waals surface area (Å²) in [6, 6.07) is 11.1. The monoisotopic (exact) mass is 531 g/mol. The highest BCUT2D eigenvalue weighted by atomic mass is 16.6. The van der Waals surface area contributed by atoms with E-state index in [9.17, 15) is 4.79 Å². The Balaban J connectivity index is 1.17. The van der Waals surface area contributed by atoms with Crippen molar-refractivity contribution in [2.75, 3.05) is 18.5 Å². The van der Waals surface area contributed by atoms with Gasteiger partial charge in [-0.3, -0.25) is 4.68 Å². The molecule has 0 spiro atoms. The van der Waals surface area contributed by atoms with Crippen LogP contribution in [-0.4, -0.2) is 60.5 Å². The summed E-state index contributed by atoms with van der Waals surface area (Å²) in [6.45, 7) is 6.83. The second-order valence-corrected chi connectivity index (χ2v) is 10.4. The third-order valence-corrected chi connectivity index (χ3v) is 6.22. The van der Waals surface area contributed by atoms with Crippen molar-refractivity contribution < 1.29 is 19.0 Å². The van der Waals surface area contributed by atoms with Crippen LogP contribution >= 0.6 is 0 Å². The molecule has 1 N–H and O–H groups in total. The zero-order valence-electron chi connectivity index (χ0n) is 22.6. The number of hydrogen-bond donors (Lipinski definition) is 1. The predicted octanol–water partition coefficient (Wildman–Crippen LogP) is 5.46. The first kappa shape index (κ1) is 26.2. The van der Waals surface area contributed by atoms with Gasteiger partial charge in [0.1, 0.15) is 29.2 Å². The Labute approximate surface area is 227 Å². The summed E-state index contributed by atoms with van der Waals surface area (Å²) in [6.07, 6.45) is 7.39. The van der Waals surface area contributed by atoms with Crippen LogP contribution in [-0.2, 0) is 11.8 Å². The van der Waals surface area contributed by atoms with Gasteiger partial charge < -0.3 is 24.4 Å². The molecule has 0 saturated carbocycles. The number of carbonyl (C=O) groups is 1. The number of fused-ring (bicyclic) bond motifs is 1. The van der Waals surface area contributed by atoms with Crippen LogP contribution in [0.1, 0.15) is 40.0 Å². The van der Waals surface area contributed by atoms with Crippen molar-refractivity contribution in [3.05, 3.63) is 55.1 Å². The first-order chi connectivity index (χ1) is 18.7. The maximum Gasteiger partial charge on any atom is 0.410 e. The van der Waals surface area contributed by atoms with Crippen LogP contribution in [0.5, 0.6) is 17.4 Å². The number of benzene rings is 1. The van der Waals surface area contributed by atoms with E-state index in [4.69, 9.17) is 14.2 Å². The summed E-state index contributed by atoms with van der Waals surface area (Å²) in [5, 5.41) is 8.37. The lowest BCUT2D eigenvalue weighted by atomic mass is 10.1. The van der Waals surface area contributed by atoms with Crippen molar-refractivity contribution in [2.45, 2.75) is 51.7 Å². The van der Waals surface area contributed by atoms with Crippen LogP contribution in [0.2, 0.25) is 0 Å². The van der Waals surface area contributed by atoms with E-state index in [0.29, 0.717) is 35.6 Å². The largest absolute Gasteiger partial charge is 0.492 e. The molecule has 4 heterocycles. The van der Waals surface area contributed by atoms with Crippen LogP contribution in [0.15, 0.2) is 55.1 Å². The molecule has 4 aromatic rings. The van der Waals surface area contributed by atoms with E-state index in [1.54, 1.807) is 16.9 Å². The van der Waals surface area contributed by atoms with Crippen LogP contribution in [0.4, 0.5) is 16.4 Å². The van der Waals surface area contributed by atoms with Crippen molar-refractivity contribution in [1.82, 2.24) is 29.6 Å². The molecule has 204 valence electrons. The van der Waals surface area contributed by atoms with Gasteiger partial charge in [0.2, 0.25) is 5.88 Å². The average molecular weight is 532 g/mol. The molecule has 39 heavy (non-hydrogen) atoms. The van der Waals surface area contributed by atoms with Gasteiger partial charge in [-0.1, -0.05) is 0 Å². The molecule has 11 nitrogen and oxygen atoms in total. The molecule has 5 rings (SSSR count). The van der Waals surface area contributed by atoms with Gasteiger partial charge in [-0.2, -0.15) is 5.10 Å². The lowest BCUT2D eigenvalue weighted by Gasteiger charge is -2.28. The number of aromatic nitrogens is 5. The molecule has 1 saturated heterocycles. The Morgan fingerprint density at radius 3 is 2.69 bits per heavy atom. The molecule has 0 bridgehead atoms. The summed E-state index contributed by atoms with van der Waals surface area (Å²) in [7, 11) is 1.86. The number of nitrogens with one attached hydrogen (secondary N) is 1. The number of likely N-dealkylation sites (tertiary alicyclic amines) is 1. The minimum Gasteiger partial charge on any atom is -0.492 e. The number of anilines is 2. The first-order valence-corrected chi connectivity index (χ1v) is 13.0. The third-order valence-electron chi connectivity index (χ3n) is 6.22. The topological polar surface area (TPSA) is 117 Å². The number of ether oxygens (including phenoxy) is 3. The zero-order chi connectivity index (χ0) is 27.4. The number of pyridine rings is 1. The molecule has 0 radical (unpaired) electrons. The van der Waals surface area contributed by atoms with Crippen LogP contribution in [0.25, 0.3) is 10.9 Å². The Bertz CT molecular complexity index is 1430. The van der Waals surface area contributed by atoms with Gasteiger partial charge in [-0.25, -0.2) is 19.7 Å². The van der Waals surface area contributed by atoms with E-state index >= 15 is 0 Å². The number of rotatable bonds is 8. The third kappa shape index (κ3) is 6.73. The molecule has 11 heteroatoms. The fraction of sp³-hybridized carbons (Fsp3) is 0.393. The number of nitrogens with zero attached hydrogens (tertiary/aromatic N) is 6. The maximum absolute atomic E-state index is 12.5. The highest BCUT2D eigenvalue weighted by Gasteiger charge is 2.31. The van der Waals surface area contributed by atoms with Crippen LogP contribution in [0.3, 0.4) is 0 Å². The fourth-order valence-electron chi connectivity index (χ4n) is 4.44. The minimum atomic E-state index is -0.504. The number of hydrogen-bond acceptors (Lipinski definition) is 9. The van der Waals surface area contributed by atoms with Gasteiger partial charge in [-0.15, -0.1) is 0 Å². The molecule has 1 fully saturated rings. The predicted molar refractivity (Wildman–Crippen MR) is 146 cm³/mol. The van der Waals surface area contributed by atoms with Gasteiger partial charge in [0.15, 0.2) is 5.82 Å². The summed E-state index contributed by atoms with van der Waals surface area (Å²) < 4.78 is 19.2. The van der Waals surface area contributed by atoms with Crippen molar-refractivity contribution in [1.29, 1.82) is 0 Å². The molecule has 1 unspecified atom stereocenters. The van der Waals surface area contributed by atoms with Crippen LogP contribution < -0.4 is 14.8 Å². The highest BCUT2D eigenvalue weighted by molar-refractivity contribution is 5.91. The van der Waals surface area contributed by atoms with E-state index in [1.165, 1.54) is 6.33 Å². The molecule has 0 aliphatic carbocycles. The second kappa shape index (κ2) is 11.1. The fourth-order valence-corrected chi connectivity index (χ4v) is 4.44. The van der Waals surface area contributed by atoms with Crippen molar-refractivity contribution in [2.24, 2.45) is 7.05 Å². The summed E-state index contributed by atoms with van der Waals surface area (Å²) in [4.78, 5) is 27.4. The Hall–Kier alpha value is -4.41. The van der Waals surface area contributed by atoms with E-state index in [0.717, 1.165) is 36.7 Å². The lowest BCUT2D eigenvalue weighted by molar-refractivity contribution is 0.0211. The number of carbonyl (C=O) groups excluding carboxylic acids is 1. The molecule has 1 aromatic carbocycles. The molecule has 3 aromatic heterocycles.